The highest BCUT2D eigenvalue weighted by Crippen LogP contribution is 2.18. The number of aromatic carboxylic acids is 1. The normalized spacial score (nSPS) is 10.0. The molecule has 21 heavy (non-hydrogen) atoms. The van der Waals surface area contributed by atoms with Gasteiger partial charge in [-0.15, -0.1) is 0 Å². The van der Waals surface area contributed by atoms with Crippen molar-refractivity contribution in [3.63, 3.8) is 0 Å². The van der Waals surface area contributed by atoms with E-state index in [2.05, 4.69) is 5.32 Å². The Labute approximate surface area is 122 Å². The van der Waals surface area contributed by atoms with Crippen LogP contribution in [0.25, 0.3) is 0 Å². The van der Waals surface area contributed by atoms with Crippen LogP contribution in [0.4, 0.5) is 11.4 Å². The fourth-order valence-electron chi connectivity index (χ4n) is 1.86. The van der Waals surface area contributed by atoms with Gasteiger partial charge in [-0.05, 0) is 36.4 Å². The summed E-state index contributed by atoms with van der Waals surface area (Å²) in [6.45, 7) is 0. The van der Waals surface area contributed by atoms with Crippen LogP contribution in [0, 0.1) is 0 Å². The smallest absolute Gasteiger partial charge is 0.335 e. The summed E-state index contributed by atoms with van der Waals surface area (Å²) in [7, 11) is 3.83. The number of hydrogen-bond acceptors (Lipinski definition) is 3. The van der Waals surface area contributed by atoms with Gasteiger partial charge in [0.2, 0.25) is 0 Å². The van der Waals surface area contributed by atoms with E-state index >= 15 is 0 Å². The van der Waals surface area contributed by atoms with Gasteiger partial charge >= 0.3 is 5.97 Å². The van der Waals surface area contributed by atoms with Gasteiger partial charge in [0.05, 0.1) is 5.56 Å². The minimum atomic E-state index is -1.06. The molecule has 0 saturated heterocycles. The molecule has 0 bridgehead atoms. The number of anilines is 2. The fourth-order valence-corrected chi connectivity index (χ4v) is 1.86. The molecule has 0 atom stereocenters. The molecule has 0 aliphatic heterocycles. The zero-order valence-electron chi connectivity index (χ0n) is 11.8. The minimum absolute atomic E-state index is 0.0877. The topological polar surface area (TPSA) is 69.6 Å². The van der Waals surface area contributed by atoms with Crippen LogP contribution in [0.1, 0.15) is 20.7 Å². The van der Waals surface area contributed by atoms with E-state index in [1.54, 1.807) is 18.2 Å². The molecule has 1 amide bonds. The number of nitrogens with one attached hydrogen (secondary N) is 1. The van der Waals surface area contributed by atoms with Crippen LogP contribution in [-0.2, 0) is 0 Å². The monoisotopic (exact) mass is 284 g/mol. The first-order chi connectivity index (χ1) is 9.97. The standard InChI is InChI=1S/C16H16N2O3/c1-18(2)14-8-4-7-13(10-14)17-15(19)11-5-3-6-12(9-11)16(20)21/h3-10H,1-2H3,(H,17,19)(H,20,21). The van der Waals surface area contributed by atoms with Crippen molar-refractivity contribution in [3.8, 4) is 0 Å². The molecule has 0 radical (unpaired) electrons. The van der Waals surface area contributed by atoms with E-state index in [1.807, 2.05) is 37.2 Å². The first kappa shape index (κ1) is 14.6. The van der Waals surface area contributed by atoms with Crippen LogP contribution < -0.4 is 10.2 Å². The van der Waals surface area contributed by atoms with Gasteiger partial charge in [-0.25, -0.2) is 4.79 Å². The second-order valence-electron chi connectivity index (χ2n) is 4.78. The van der Waals surface area contributed by atoms with Gasteiger partial charge in [0.25, 0.3) is 5.91 Å². The van der Waals surface area contributed by atoms with E-state index in [0.29, 0.717) is 11.3 Å². The van der Waals surface area contributed by atoms with Crippen LogP contribution in [0.15, 0.2) is 48.5 Å². The maximum atomic E-state index is 12.2. The predicted molar refractivity (Wildman–Crippen MR) is 82.1 cm³/mol. The highest BCUT2D eigenvalue weighted by molar-refractivity contribution is 6.05. The fraction of sp³-hybridized carbons (Fsp3) is 0.125. The molecule has 0 saturated carbocycles. The molecule has 0 heterocycles. The molecule has 5 heteroatoms. The van der Waals surface area contributed by atoms with Crippen molar-refractivity contribution in [3.05, 3.63) is 59.7 Å². The molecule has 2 rings (SSSR count). The molecule has 2 aromatic rings. The lowest BCUT2D eigenvalue weighted by Gasteiger charge is -2.14. The number of amides is 1. The van der Waals surface area contributed by atoms with Crippen LogP contribution >= 0.6 is 0 Å². The van der Waals surface area contributed by atoms with Crippen LogP contribution in [-0.4, -0.2) is 31.1 Å². The Kier molecular flexibility index (Phi) is 4.23. The van der Waals surface area contributed by atoms with Crippen molar-refractivity contribution < 1.29 is 14.7 Å². The van der Waals surface area contributed by atoms with Crippen molar-refractivity contribution in [1.29, 1.82) is 0 Å². The van der Waals surface area contributed by atoms with Crippen LogP contribution in [0.3, 0.4) is 0 Å². The zero-order valence-corrected chi connectivity index (χ0v) is 11.8. The Morgan fingerprint density at radius 1 is 1.00 bits per heavy atom. The third kappa shape index (κ3) is 3.60. The van der Waals surface area contributed by atoms with Gasteiger partial charge in [0.15, 0.2) is 0 Å². The summed E-state index contributed by atoms with van der Waals surface area (Å²) in [4.78, 5) is 25.0. The molecular formula is C16H16N2O3. The first-order valence-electron chi connectivity index (χ1n) is 6.39. The molecule has 0 aliphatic rings. The lowest BCUT2D eigenvalue weighted by molar-refractivity contribution is 0.0697. The van der Waals surface area contributed by atoms with Crippen molar-refractivity contribution in [2.75, 3.05) is 24.3 Å². The van der Waals surface area contributed by atoms with E-state index in [-0.39, 0.29) is 11.5 Å². The summed E-state index contributed by atoms with van der Waals surface area (Å²) in [5, 5.41) is 11.7. The maximum absolute atomic E-state index is 12.2. The molecular weight excluding hydrogens is 268 g/mol. The van der Waals surface area contributed by atoms with E-state index in [9.17, 15) is 9.59 Å². The van der Waals surface area contributed by atoms with E-state index < -0.39 is 5.97 Å². The van der Waals surface area contributed by atoms with Crippen LogP contribution in [0.5, 0.6) is 0 Å². The molecule has 2 N–H and O–H groups in total. The molecule has 108 valence electrons. The van der Waals surface area contributed by atoms with Gasteiger partial charge in [0.1, 0.15) is 0 Å². The largest absolute Gasteiger partial charge is 0.478 e. The Bertz CT molecular complexity index is 681. The Balaban J connectivity index is 2.20. The molecule has 0 spiro atoms. The van der Waals surface area contributed by atoms with Gasteiger partial charge in [-0.1, -0.05) is 12.1 Å². The Morgan fingerprint density at radius 2 is 1.67 bits per heavy atom. The van der Waals surface area contributed by atoms with Gasteiger partial charge in [0, 0.05) is 31.0 Å². The Morgan fingerprint density at radius 3 is 2.33 bits per heavy atom. The summed E-state index contributed by atoms with van der Waals surface area (Å²) in [5.41, 5.74) is 2.02. The van der Waals surface area contributed by atoms with E-state index in [0.717, 1.165) is 5.69 Å². The number of nitrogens with zero attached hydrogens (tertiary/aromatic N) is 1. The molecule has 0 aliphatic carbocycles. The number of carboxylic acid groups (broad SMARTS) is 1. The zero-order chi connectivity index (χ0) is 15.4. The number of hydrogen-bond donors (Lipinski definition) is 2. The number of benzene rings is 2. The molecule has 0 unspecified atom stereocenters. The highest BCUT2D eigenvalue weighted by atomic mass is 16.4. The number of carboxylic acids is 1. The quantitative estimate of drug-likeness (QED) is 0.905. The highest BCUT2D eigenvalue weighted by Gasteiger charge is 2.10. The SMILES string of the molecule is CN(C)c1cccc(NC(=O)c2cccc(C(=O)O)c2)c1. The van der Waals surface area contributed by atoms with Gasteiger partial charge in [-0.2, -0.15) is 0 Å². The number of rotatable bonds is 4. The third-order valence-corrected chi connectivity index (χ3v) is 2.99. The molecule has 0 fully saturated rings. The van der Waals surface area contributed by atoms with Gasteiger partial charge in [-0.3, -0.25) is 4.79 Å². The van der Waals surface area contributed by atoms with Crippen molar-refractivity contribution >= 4 is 23.3 Å². The second-order valence-corrected chi connectivity index (χ2v) is 4.78. The predicted octanol–water partition coefficient (Wildman–Crippen LogP) is 2.70. The van der Waals surface area contributed by atoms with Crippen molar-refractivity contribution in [1.82, 2.24) is 0 Å². The molecule has 5 nitrogen and oxygen atoms in total. The lowest BCUT2D eigenvalue weighted by atomic mass is 10.1. The second kappa shape index (κ2) is 6.09. The van der Waals surface area contributed by atoms with Crippen molar-refractivity contribution in [2.45, 2.75) is 0 Å². The average Bonchev–Trinajstić information content (AvgIpc) is 2.47. The van der Waals surface area contributed by atoms with Crippen molar-refractivity contribution in [2.24, 2.45) is 0 Å². The third-order valence-electron chi connectivity index (χ3n) is 2.99. The maximum Gasteiger partial charge on any atom is 0.335 e. The van der Waals surface area contributed by atoms with E-state index in [1.165, 1.54) is 12.1 Å². The first-order valence-corrected chi connectivity index (χ1v) is 6.39. The van der Waals surface area contributed by atoms with Crippen LogP contribution in [0.2, 0.25) is 0 Å². The summed E-state index contributed by atoms with van der Waals surface area (Å²) < 4.78 is 0. The lowest BCUT2D eigenvalue weighted by Crippen LogP contribution is -2.14. The van der Waals surface area contributed by atoms with Gasteiger partial charge < -0.3 is 15.3 Å². The summed E-state index contributed by atoms with van der Waals surface area (Å²) in [6, 6.07) is 13.3. The Hall–Kier alpha value is -2.82. The summed E-state index contributed by atoms with van der Waals surface area (Å²) in [6.07, 6.45) is 0. The minimum Gasteiger partial charge on any atom is -0.478 e. The summed E-state index contributed by atoms with van der Waals surface area (Å²) >= 11 is 0. The number of carbonyl (C=O) groups excluding carboxylic acids is 1. The molecule has 2 aromatic carbocycles. The molecule has 0 aromatic heterocycles. The average molecular weight is 284 g/mol. The van der Waals surface area contributed by atoms with E-state index in [4.69, 9.17) is 5.11 Å². The summed E-state index contributed by atoms with van der Waals surface area (Å²) in [5.74, 6) is -1.40. The number of carbonyl (C=O) groups is 2.